The van der Waals surface area contributed by atoms with Crippen LogP contribution in [0.15, 0.2) is 24.3 Å². The van der Waals surface area contributed by atoms with Crippen molar-refractivity contribution in [2.24, 2.45) is 0 Å². The Morgan fingerprint density at radius 3 is 2.54 bits per heavy atom. The Morgan fingerprint density at radius 1 is 1.07 bits per heavy atom. The molecule has 1 aromatic rings. The molecule has 1 atom stereocenters. The fraction of sp³-hybridized carbons (Fsp3) is 0.652. The Kier molecular flexibility index (Phi) is 6.00. The van der Waals surface area contributed by atoms with Crippen molar-refractivity contribution >= 4 is 17.5 Å². The van der Waals surface area contributed by atoms with E-state index in [1.54, 1.807) is 0 Å². The third kappa shape index (κ3) is 4.24. The molecular formula is C23H33N3O2. The molecule has 0 bridgehead atoms. The first-order chi connectivity index (χ1) is 13.6. The topological polar surface area (TPSA) is 43.9 Å². The first-order valence-corrected chi connectivity index (χ1v) is 11.0. The summed E-state index contributed by atoms with van der Waals surface area (Å²) in [6.07, 6.45) is 7.28. The number of piperazine rings is 1. The quantitative estimate of drug-likeness (QED) is 0.783. The molecule has 5 nitrogen and oxygen atoms in total. The third-order valence-corrected chi connectivity index (χ3v) is 6.81. The molecule has 1 saturated carbocycles. The minimum atomic E-state index is 0.164. The fourth-order valence-corrected chi connectivity index (χ4v) is 4.68. The van der Waals surface area contributed by atoms with Crippen molar-refractivity contribution in [1.29, 1.82) is 0 Å². The minimum absolute atomic E-state index is 0.164. The van der Waals surface area contributed by atoms with E-state index in [1.807, 2.05) is 21.9 Å². The second kappa shape index (κ2) is 8.64. The van der Waals surface area contributed by atoms with Gasteiger partial charge in [0, 0.05) is 57.3 Å². The summed E-state index contributed by atoms with van der Waals surface area (Å²) in [5.41, 5.74) is 2.13. The molecule has 0 aromatic heterocycles. The van der Waals surface area contributed by atoms with E-state index in [1.165, 1.54) is 19.3 Å². The van der Waals surface area contributed by atoms with E-state index in [2.05, 4.69) is 24.0 Å². The van der Waals surface area contributed by atoms with E-state index in [4.69, 9.17) is 0 Å². The standard InChI is InChI=1S/C23H33N3O2/c1-18(16-23(28)25-14-12-24(13-15-25)20-7-5-8-20)19-6-4-9-21(17-19)26-11-3-2-10-22(26)27/h4,6,9,17-18,20H,2-3,5,7-8,10-16H2,1H3/t18-/m1/s1. The summed E-state index contributed by atoms with van der Waals surface area (Å²) in [5.74, 6) is 0.647. The molecule has 152 valence electrons. The lowest BCUT2D eigenvalue weighted by atomic mass is 9.91. The maximum Gasteiger partial charge on any atom is 0.226 e. The van der Waals surface area contributed by atoms with Crippen molar-refractivity contribution < 1.29 is 9.59 Å². The van der Waals surface area contributed by atoms with Crippen LogP contribution in [0.25, 0.3) is 0 Å². The van der Waals surface area contributed by atoms with Gasteiger partial charge in [-0.3, -0.25) is 14.5 Å². The number of benzene rings is 1. The zero-order chi connectivity index (χ0) is 19.5. The van der Waals surface area contributed by atoms with Crippen molar-refractivity contribution in [1.82, 2.24) is 9.80 Å². The van der Waals surface area contributed by atoms with E-state index < -0.39 is 0 Å². The minimum Gasteiger partial charge on any atom is -0.340 e. The Balaban J connectivity index is 1.33. The Morgan fingerprint density at radius 2 is 1.86 bits per heavy atom. The summed E-state index contributed by atoms with van der Waals surface area (Å²) in [7, 11) is 0. The van der Waals surface area contributed by atoms with Crippen LogP contribution in [-0.4, -0.2) is 60.4 Å². The number of anilines is 1. The average molecular weight is 384 g/mol. The van der Waals surface area contributed by atoms with Crippen molar-refractivity contribution in [3.63, 3.8) is 0 Å². The van der Waals surface area contributed by atoms with E-state index in [-0.39, 0.29) is 17.7 Å². The van der Waals surface area contributed by atoms with Gasteiger partial charge < -0.3 is 9.80 Å². The largest absolute Gasteiger partial charge is 0.340 e. The van der Waals surface area contributed by atoms with Gasteiger partial charge in [0.2, 0.25) is 11.8 Å². The number of nitrogens with zero attached hydrogens (tertiary/aromatic N) is 3. The number of hydrogen-bond donors (Lipinski definition) is 0. The molecule has 0 N–H and O–H groups in total. The zero-order valence-corrected chi connectivity index (χ0v) is 17.1. The molecule has 2 aliphatic heterocycles. The Bertz CT molecular complexity index is 708. The lowest BCUT2D eigenvalue weighted by Crippen LogP contribution is -2.53. The van der Waals surface area contributed by atoms with Crippen LogP contribution in [0.1, 0.15) is 63.4 Å². The Labute approximate surface area is 168 Å². The first kappa shape index (κ1) is 19.4. The van der Waals surface area contributed by atoms with Gasteiger partial charge in [0.15, 0.2) is 0 Å². The Hall–Kier alpha value is -1.88. The molecule has 4 rings (SSSR count). The van der Waals surface area contributed by atoms with Gasteiger partial charge in [-0.2, -0.15) is 0 Å². The van der Waals surface area contributed by atoms with Gasteiger partial charge in [0.05, 0.1) is 0 Å². The first-order valence-electron chi connectivity index (χ1n) is 11.0. The van der Waals surface area contributed by atoms with Crippen LogP contribution >= 0.6 is 0 Å². The van der Waals surface area contributed by atoms with Gasteiger partial charge in [-0.15, -0.1) is 0 Å². The lowest BCUT2D eigenvalue weighted by Gasteiger charge is -2.43. The predicted molar refractivity (Wildman–Crippen MR) is 111 cm³/mol. The summed E-state index contributed by atoms with van der Waals surface area (Å²) in [4.78, 5) is 31.6. The summed E-state index contributed by atoms with van der Waals surface area (Å²) < 4.78 is 0. The highest BCUT2D eigenvalue weighted by Crippen LogP contribution is 2.28. The van der Waals surface area contributed by atoms with Gasteiger partial charge in [0.1, 0.15) is 0 Å². The molecule has 2 heterocycles. The van der Waals surface area contributed by atoms with Crippen LogP contribution in [0, 0.1) is 0 Å². The molecule has 3 aliphatic rings. The molecular weight excluding hydrogens is 350 g/mol. The molecule has 2 amide bonds. The molecule has 0 unspecified atom stereocenters. The normalized spacial score (nSPS) is 22.8. The van der Waals surface area contributed by atoms with Crippen molar-refractivity contribution in [2.45, 2.75) is 63.8 Å². The summed E-state index contributed by atoms with van der Waals surface area (Å²) in [6.45, 7) is 6.71. The van der Waals surface area contributed by atoms with Crippen molar-refractivity contribution in [3.8, 4) is 0 Å². The van der Waals surface area contributed by atoms with Gasteiger partial charge in [-0.25, -0.2) is 0 Å². The van der Waals surface area contributed by atoms with Gasteiger partial charge in [-0.1, -0.05) is 25.5 Å². The third-order valence-electron chi connectivity index (χ3n) is 6.81. The smallest absolute Gasteiger partial charge is 0.226 e. The number of hydrogen-bond acceptors (Lipinski definition) is 3. The maximum atomic E-state index is 12.8. The van der Waals surface area contributed by atoms with Crippen LogP contribution in [0.4, 0.5) is 5.69 Å². The van der Waals surface area contributed by atoms with Crippen LogP contribution in [0.3, 0.4) is 0 Å². The second-order valence-corrected chi connectivity index (χ2v) is 8.70. The lowest BCUT2D eigenvalue weighted by molar-refractivity contribution is -0.133. The maximum absolute atomic E-state index is 12.8. The van der Waals surface area contributed by atoms with Crippen LogP contribution < -0.4 is 4.90 Å². The van der Waals surface area contributed by atoms with E-state index >= 15 is 0 Å². The summed E-state index contributed by atoms with van der Waals surface area (Å²) in [5, 5.41) is 0. The van der Waals surface area contributed by atoms with E-state index in [9.17, 15) is 9.59 Å². The summed E-state index contributed by atoms with van der Waals surface area (Å²) >= 11 is 0. The number of carbonyl (C=O) groups is 2. The van der Waals surface area contributed by atoms with Crippen LogP contribution in [-0.2, 0) is 9.59 Å². The van der Waals surface area contributed by atoms with Crippen molar-refractivity contribution in [3.05, 3.63) is 29.8 Å². The number of rotatable bonds is 5. The number of piperidine rings is 1. The molecule has 2 saturated heterocycles. The summed E-state index contributed by atoms with van der Waals surface area (Å²) in [6, 6.07) is 9.00. The van der Waals surface area contributed by atoms with Gasteiger partial charge in [-0.05, 0) is 49.3 Å². The molecule has 0 spiro atoms. The van der Waals surface area contributed by atoms with Crippen LogP contribution in [0.5, 0.6) is 0 Å². The highest BCUT2D eigenvalue weighted by atomic mass is 16.2. The molecule has 1 aromatic carbocycles. The van der Waals surface area contributed by atoms with Crippen molar-refractivity contribution in [2.75, 3.05) is 37.6 Å². The van der Waals surface area contributed by atoms with E-state index in [0.717, 1.165) is 62.9 Å². The monoisotopic (exact) mass is 383 g/mol. The predicted octanol–water partition coefficient (Wildman–Crippen LogP) is 3.39. The van der Waals surface area contributed by atoms with E-state index in [0.29, 0.717) is 12.8 Å². The average Bonchev–Trinajstić information content (AvgIpc) is 2.67. The van der Waals surface area contributed by atoms with Gasteiger partial charge >= 0.3 is 0 Å². The molecule has 28 heavy (non-hydrogen) atoms. The molecule has 5 heteroatoms. The second-order valence-electron chi connectivity index (χ2n) is 8.70. The fourth-order valence-electron chi connectivity index (χ4n) is 4.68. The zero-order valence-electron chi connectivity index (χ0n) is 17.1. The van der Waals surface area contributed by atoms with Gasteiger partial charge in [0.25, 0.3) is 0 Å². The van der Waals surface area contributed by atoms with Crippen LogP contribution in [0.2, 0.25) is 0 Å². The molecule has 1 aliphatic carbocycles. The molecule has 3 fully saturated rings. The number of amides is 2. The highest BCUT2D eigenvalue weighted by Gasteiger charge is 2.29. The molecule has 0 radical (unpaired) electrons. The number of carbonyl (C=O) groups excluding carboxylic acids is 2. The SMILES string of the molecule is C[C@H](CC(=O)N1CCN(C2CCC2)CC1)c1cccc(N2CCCCC2=O)c1. The highest BCUT2D eigenvalue weighted by molar-refractivity contribution is 5.94.